The fraction of sp³-hybridized carbons (Fsp3) is 0.522. The third-order valence-corrected chi connectivity index (χ3v) is 5.72. The molecular weight excluding hydrogens is 380 g/mol. The molecule has 0 atom stereocenters. The van der Waals surface area contributed by atoms with Gasteiger partial charge in [0.2, 0.25) is 5.91 Å². The average Bonchev–Trinajstić information content (AvgIpc) is 2.78. The quantitative estimate of drug-likeness (QED) is 0.754. The van der Waals surface area contributed by atoms with Crippen LogP contribution in [-0.4, -0.2) is 60.7 Å². The number of anilines is 1. The summed E-state index contributed by atoms with van der Waals surface area (Å²) in [5.74, 6) is 2.82. The van der Waals surface area contributed by atoms with Gasteiger partial charge in [0.05, 0.1) is 32.6 Å². The van der Waals surface area contributed by atoms with Crippen LogP contribution in [0.4, 0.5) is 5.82 Å². The molecule has 1 fully saturated rings. The number of fused-ring (bicyclic) bond motifs is 1. The second-order valence-corrected chi connectivity index (χ2v) is 8.18. The zero-order valence-electron chi connectivity index (χ0n) is 18.1. The highest BCUT2D eigenvalue weighted by atomic mass is 16.5. The van der Waals surface area contributed by atoms with E-state index in [0.717, 1.165) is 53.7 Å². The number of nitrogens with zero attached hydrogens (tertiary/aromatic N) is 4. The fourth-order valence-electron chi connectivity index (χ4n) is 4.04. The summed E-state index contributed by atoms with van der Waals surface area (Å²) in [6, 6.07) is 8.04. The van der Waals surface area contributed by atoms with Gasteiger partial charge >= 0.3 is 0 Å². The Labute approximate surface area is 178 Å². The summed E-state index contributed by atoms with van der Waals surface area (Å²) in [5, 5.41) is 0. The van der Waals surface area contributed by atoms with E-state index in [-0.39, 0.29) is 11.8 Å². The second kappa shape index (κ2) is 9.00. The minimum absolute atomic E-state index is 0.00588. The summed E-state index contributed by atoms with van der Waals surface area (Å²) < 4.78 is 10.8. The van der Waals surface area contributed by atoms with E-state index in [9.17, 15) is 4.79 Å². The second-order valence-electron chi connectivity index (χ2n) is 8.18. The summed E-state index contributed by atoms with van der Waals surface area (Å²) in [6.07, 6.45) is 1.44. The molecule has 0 bridgehead atoms. The Hall–Kier alpha value is -2.67. The van der Waals surface area contributed by atoms with Crippen LogP contribution in [-0.2, 0) is 28.9 Å². The Kier molecular flexibility index (Phi) is 6.18. The molecule has 2 aliphatic heterocycles. The molecule has 0 radical (unpaired) electrons. The lowest BCUT2D eigenvalue weighted by Crippen LogP contribution is -2.42. The van der Waals surface area contributed by atoms with Gasteiger partial charge in [0.25, 0.3) is 0 Å². The van der Waals surface area contributed by atoms with Crippen LogP contribution in [0.3, 0.4) is 0 Å². The van der Waals surface area contributed by atoms with Gasteiger partial charge in [-0.2, -0.15) is 0 Å². The van der Waals surface area contributed by atoms with Gasteiger partial charge in [0, 0.05) is 44.0 Å². The van der Waals surface area contributed by atoms with Gasteiger partial charge in [0.1, 0.15) is 17.4 Å². The topological polar surface area (TPSA) is 67.8 Å². The Bertz CT molecular complexity index is 892. The van der Waals surface area contributed by atoms with Gasteiger partial charge in [-0.25, -0.2) is 9.97 Å². The van der Waals surface area contributed by atoms with Crippen molar-refractivity contribution in [3.8, 4) is 5.75 Å². The maximum absolute atomic E-state index is 12.6. The van der Waals surface area contributed by atoms with Crippen molar-refractivity contribution in [1.29, 1.82) is 0 Å². The zero-order valence-corrected chi connectivity index (χ0v) is 18.1. The van der Waals surface area contributed by atoms with Crippen LogP contribution >= 0.6 is 0 Å². The zero-order chi connectivity index (χ0) is 21.1. The molecular formula is C23H30N4O3. The number of hydrogen-bond donors (Lipinski definition) is 0. The summed E-state index contributed by atoms with van der Waals surface area (Å²) in [7, 11) is 1.67. The highest BCUT2D eigenvalue weighted by molar-refractivity contribution is 5.78. The Morgan fingerprint density at radius 1 is 1.13 bits per heavy atom. The van der Waals surface area contributed by atoms with Gasteiger partial charge in [-0.05, 0) is 17.7 Å². The predicted octanol–water partition coefficient (Wildman–Crippen LogP) is 2.45. The van der Waals surface area contributed by atoms with Crippen LogP contribution in [0.15, 0.2) is 24.3 Å². The minimum atomic E-state index is -0.00588. The van der Waals surface area contributed by atoms with Gasteiger partial charge in [-0.15, -0.1) is 0 Å². The van der Waals surface area contributed by atoms with Crippen LogP contribution in [0.5, 0.6) is 5.75 Å². The van der Waals surface area contributed by atoms with Gasteiger partial charge in [-0.1, -0.05) is 26.0 Å². The molecule has 1 aromatic carbocycles. The van der Waals surface area contributed by atoms with E-state index in [1.54, 1.807) is 7.11 Å². The molecule has 160 valence electrons. The van der Waals surface area contributed by atoms with Crippen molar-refractivity contribution < 1.29 is 14.3 Å². The lowest BCUT2D eigenvalue weighted by atomic mass is 10.0. The van der Waals surface area contributed by atoms with Crippen LogP contribution < -0.4 is 9.64 Å². The Morgan fingerprint density at radius 2 is 1.87 bits per heavy atom. The first kappa shape index (κ1) is 20.6. The highest BCUT2D eigenvalue weighted by Gasteiger charge is 2.29. The van der Waals surface area contributed by atoms with Crippen molar-refractivity contribution in [2.45, 2.75) is 33.2 Å². The summed E-state index contributed by atoms with van der Waals surface area (Å²) in [4.78, 5) is 26.7. The number of rotatable bonds is 5. The first-order valence-electron chi connectivity index (χ1n) is 10.7. The fourth-order valence-corrected chi connectivity index (χ4v) is 4.04. The van der Waals surface area contributed by atoms with Gasteiger partial charge in [-0.3, -0.25) is 4.79 Å². The molecule has 3 heterocycles. The van der Waals surface area contributed by atoms with Crippen LogP contribution in [0, 0.1) is 5.92 Å². The number of carbonyl (C=O) groups excluding carboxylic acids is 1. The van der Waals surface area contributed by atoms with E-state index in [1.165, 1.54) is 0 Å². The number of methoxy groups -OCH3 is 1. The highest BCUT2D eigenvalue weighted by Crippen LogP contribution is 2.29. The van der Waals surface area contributed by atoms with E-state index < -0.39 is 0 Å². The number of carbonyl (C=O) groups is 1. The maximum Gasteiger partial charge on any atom is 0.225 e. The molecule has 2 aliphatic rings. The largest absolute Gasteiger partial charge is 0.497 e. The lowest BCUT2D eigenvalue weighted by molar-refractivity contribution is -0.135. The SMILES string of the molecule is COc1ccc(Cc2nc3c(c(N4CCOCC4)n2)CN(C(=O)C(C)C)CC3)cc1. The lowest BCUT2D eigenvalue weighted by Gasteiger charge is -2.35. The number of benzene rings is 1. The molecule has 2 aromatic rings. The summed E-state index contributed by atoms with van der Waals surface area (Å²) in [5.41, 5.74) is 3.31. The van der Waals surface area contributed by atoms with Crippen molar-refractivity contribution in [1.82, 2.24) is 14.9 Å². The molecule has 0 aliphatic carbocycles. The predicted molar refractivity (Wildman–Crippen MR) is 115 cm³/mol. The number of aromatic nitrogens is 2. The van der Waals surface area contributed by atoms with E-state index in [4.69, 9.17) is 19.4 Å². The molecule has 7 heteroatoms. The van der Waals surface area contributed by atoms with Crippen molar-refractivity contribution in [2.24, 2.45) is 5.92 Å². The summed E-state index contributed by atoms with van der Waals surface area (Å²) in [6.45, 7) is 8.22. The average molecular weight is 411 g/mol. The van der Waals surface area contributed by atoms with Crippen LogP contribution in [0.25, 0.3) is 0 Å². The first-order valence-corrected chi connectivity index (χ1v) is 10.7. The minimum Gasteiger partial charge on any atom is -0.497 e. The Morgan fingerprint density at radius 3 is 2.53 bits per heavy atom. The molecule has 0 saturated carbocycles. The van der Waals surface area contributed by atoms with Gasteiger partial charge in [0.15, 0.2) is 0 Å². The monoisotopic (exact) mass is 410 g/mol. The van der Waals surface area contributed by atoms with Crippen molar-refractivity contribution in [3.63, 3.8) is 0 Å². The van der Waals surface area contributed by atoms with Crippen molar-refractivity contribution in [3.05, 3.63) is 46.9 Å². The van der Waals surface area contributed by atoms with E-state index >= 15 is 0 Å². The molecule has 0 N–H and O–H groups in total. The van der Waals surface area contributed by atoms with Crippen molar-refractivity contribution in [2.75, 3.05) is 44.9 Å². The van der Waals surface area contributed by atoms with E-state index in [1.807, 2.05) is 30.9 Å². The number of morpholine rings is 1. The third kappa shape index (κ3) is 4.41. The molecule has 0 unspecified atom stereocenters. The molecule has 1 amide bonds. The van der Waals surface area contributed by atoms with E-state index in [0.29, 0.717) is 32.7 Å². The molecule has 30 heavy (non-hydrogen) atoms. The molecule has 1 aromatic heterocycles. The standard InChI is InChI=1S/C23H30N4O3/c1-16(2)23(28)27-9-8-20-19(15-27)22(26-10-12-30-13-11-26)25-21(24-20)14-17-4-6-18(29-3)7-5-17/h4-7,16H,8-15H2,1-3H3. The maximum atomic E-state index is 12.6. The van der Waals surface area contributed by atoms with Crippen LogP contribution in [0.1, 0.15) is 36.5 Å². The normalized spacial score (nSPS) is 16.5. The van der Waals surface area contributed by atoms with Gasteiger partial charge < -0.3 is 19.3 Å². The number of hydrogen-bond acceptors (Lipinski definition) is 6. The third-order valence-electron chi connectivity index (χ3n) is 5.72. The summed E-state index contributed by atoms with van der Waals surface area (Å²) >= 11 is 0. The molecule has 1 saturated heterocycles. The molecule has 4 rings (SSSR count). The smallest absolute Gasteiger partial charge is 0.225 e. The number of ether oxygens (including phenoxy) is 2. The Balaban J connectivity index is 1.65. The molecule has 0 spiro atoms. The van der Waals surface area contributed by atoms with Crippen molar-refractivity contribution >= 4 is 11.7 Å². The first-order chi connectivity index (χ1) is 14.5. The molecule has 7 nitrogen and oxygen atoms in total. The van der Waals surface area contributed by atoms with Crippen LogP contribution in [0.2, 0.25) is 0 Å². The number of amides is 1. The van der Waals surface area contributed by atoms with E-state index in [2.05, 4.69) is 17.0 Å².